The van der Waals surface area contributed by atoms with Crippen LogP contribution in [-0.2, 0) is 4.74 Å². The third kappa shape index (κ3) is 4.54. The van der Waals surface area contributed by atoms with E-state index in [4.69, 9.17) is 10.5 Å². The van der Waals surface area contributed by atoms with E-state index in [1.807, 2.05) is 0 Å². The van der Waals surface area contributed by atoms with E-state index in [1.54, 1.807) is 0 Å². The van der Waals surface area contributed by atoms with Crippen LogP contribution in [0.5, 0.6) is 0 Å². The summed E-state index contributed by atoms with van der Waals surface area (Å²) in [6.45, 7) is 12.4. The molecule has 0 aliphatic carbocycles. The Morgan fingerprint density at radius 1 is 1.41 bits per heavy atom. The summed E-state index contributed by atoms with van der Waals surface area (Å²) in [4.78, 5) is 2.43. The summed E-state index contributed by atoms with van der Waals surface area (Å²) in [6, 6.07) is 0. The number of ether oxygens (including phenoxy) is 1. The van der Waals surface area contributed by atoms with Crippen molar-refractivity contribution in [3.63, 3.8) is 0 Å². The molecule has 1 rings (SSSR count). The fraction of sp³-hybridized carbons (Fsp3) is 1.00. The first-order valence-electron chi connectivity index (χ1n) is 6.95. The summed E-state index contributed by atoms with van der Waals surface area (Å²) < 4.78 is 5.60. The molecule has 2 unspecified atom stereocenters. The topological polar surface area (TPSA) is 50.5 Å². The molecule has 0 aromatic carbocycles. The molecule has 0 aromatic heterocycles. The van der Waals surface area contributed by atoms with Crippen molar-refractivity contribution in [1.29, 1.82) is 0 Å². The molecule has 1 heterocycles. The largest absolute Gasteiger partial charge is 0.378 e. The van der Waals surface area contributed by atoms with Crippen molar-refractivity contribution < 1.29 is 4.74 Å². The standard InChI is InChI=1S/C13H29N3O/c1-4-16(5-2)8-7-15-13(11-14)6-9-17-12(3)10-13/h12,15H,4-11,14H2,1-3H3. The highest BCUT2D eigenvalue weighted by atomic mass is 16.5. The van der Waals surface area contributed by atoms with Gasteiger partial charge in [-0.3, -0.25) is 0 Å². The first-order valence-corrected chi connectivity index (χ1v) is 6.95. The average Bonchev–Trinajstić information content (AvgIpc) is 2.35. The Bertz CT molecular complexity index is 209. The summed E-state index contributed by atoms with van der Waals surface area (Å²) in [5.74, 6) is 0. The van der Waals surface area contributed by atoms with E-state index < -0.39 is 0 Å². The van der Waals surface area contributed by atoms with E-state index in [1.165, 1.54) is 0 Å². The normalized spacial score (nSPS) is 29.8. The molecule has 1 fully saturated rings. The molecule has 1 saturated heterocycles. The quantitative estimate of drug-likeness (QED) is 0.695. The van der Waals surface area contributed by atoms with E-state index >= 15 is 0 Å². The van der Waals surface area contributed by atoms with Gasteiger partial charge < -0.3 is 20.7 Å². The second-order valence-electron chi connectivity index (χ2n) is 5.07. The van der Waals surface area contributed by atoms with Gasteiger partial charge in [0.05, 0.1) is 6.10 Å². The molecule has 0 spiro atoms. The highest BCUT2D eigenvalue weighted by Crippen LogP contribution is 2.23. The molecule has 102 valence electrons. The Hall–Kier alpha value is -0.160. The molecule has 1 aliphatic rings. The van der Waals surface area contributed by atoms with Gasteiger partial charge >= 0.3 is 0 Å². The number of rotatable bonds is 7. The van der Waals surface area contributed by atoms with E-state index in [0.717, 1.165) is 45.6 Å². The Balaban J connectivity index is 2.35. The van der Waals surface area contributed by atoms with Crippen LogP contribution in [0, 0.1) is 0 Å². The van der Waals surface area contributed by atoms with Crippen LogP contribution >= 0.6 is 0 Å². The van der Waals surface area contributed by atoms with Crippen molar-refractivity contribution in [2.24, 2.45) is 5.73 Å². The SMILES string of the molecule is CCN(CC)CCNC1(CN)CCOC(C)C1. The summed E-state index contributed by atoms with van der Waals surface area (Å²) >= 11 is 0. The molecule has 0 saturated carbocycles. The minimum atomic E-state index is 0.102. The molecule has 4 nitrogen and oxygen atoms in total. The van der Waals surface area contributed by atoms with E-state index in [0.29, 0.717) is 12.6 Å². The molecule has 0 amide bonds. The zero-order chi connectivity index (χ0) is 12.7. The highest BCUT2D eigenvalue weighted by molar-refractivity contribution is 4.93. The van der Waals surface area contributed by atoms with Crippen LogP contribution in [0.2, 0.25) is 0 Å². The Morgan fingerprint density at radius 2 is 2.12 bits per heavy atom. The smallest absolute Gasteiger partial charge is 0.0565 e. The Kier molecular flexibility index (Phi) is 6.41. The van der Waals surface area contributed by atoms with Crippen LogP contribution in [0.3, 0.4) is 0 Å². The first-order chi connectivity index (χ1) is 8.15. The lowest BCUT2D eigenvalue weighted by atomic mass is 9.87. The zero-order valence-electron chi connectivity index (χ0n) is 11.7. The molecule has 0 radical (unpaired) electrons. The molecule has 0 aromatic rings. The van der Waals surface area contributed by atoms with E-state index in [9.17, 15) is 0 Å². The Labute approximate surface area is 106 Å². The van der Waals surface area contributed by atoms with Crippen LogP contribution in [0.15, 0.2) is 0 Å². The van der Waals surface area contributed by atoms with Crippen molar-refractivity contribution in [3.05, 3.63) is 0 Å². The maximum Gasteiger partial charge on any atom is 0.0565 e. The van der Waals surface area contributed by atoms with Crippen molar-refractivity contribution >= 4 is 0 Å². The average molecular weight is 243 g/mol. The molecule has 1 aliphatic heterocycles. The fourth-order valence-corrected chi connectivity index (χ4v) is 2.60. The van der Waals surface area contributed by atoms with Crippen LogP contribution in [-0.4, -0.2) is 55.9 Å². The minimum absolute atomic E-state index is 0.102. The van der Waals surface area contributed by atoms with Gasteiger partial charge in [0.2, 0.25) is 0 Å². The summed E-state index contributed by atoms with van der Waals surface area (Å²) in [5.41, 5.74) is 6.05. The molecular weight excluding hydrogens is 214 g/mol. The van der Waals surface area contributed by atoms with Crippen molar-refractivity contribution in [3.8, 4) is 0 Å². The van der Waals surface area contributed by atoms with Crippen molar-refractivity contribution in [2.45, 2.75) is 45.3 Å². The number of nitrogens with two attached hydrogens (primary N) is 1. The summed E-state index contributed by atoms with van der Waals surface area (Å²) in [6.07, 6.45) is 2.39. The number of hydrogen-bond donors (Lipinski definition) is 2. The van der Waals surface area contributed by atoms with Gasteiger partial charge in [0.25, 0.3) is 0 Å². The highest BCUT2D eigenvalue weighted by Gasteiger charge is 2.33. The number of nitrogens with one attached hydrogen (secondary N) is 1. The summed E-state index contributed by atoms with van der Waals surface area (Å²) in [5, 5.41) is 3.67. The van der Waals surface area contributed by atoms with Gasteiger partial charge in [-0.05, 0) is 32.9 Å². The number of likely N-dealkylation sites (N-methyl/N-ethyl adjacent to an activating group) is 1. The van der Waals surface area contributed by atoms with Gasteiger partial charge in [-0.2, -0.15) is 0 Å². The zero-order valence-corrected chi connectivity index (χ0v) is 11.7. The second-order valence-corrected chi connectivity index (χ2v) is 5.07. The lowest BCUT2D eigenvalue weighted by molar-refractivity contribution is -0.0165. The van der Waals surface area contributed by atoms with E-state index in [-0.39, 0.29) is 5.54 Å². The number of nitrogens with zero attached hydrogens (tertiary/aromatic N) is 1. The van der Waals surface area contributed by atoms with Gasteiger partial charge in [0, 0.05) is 31.8 Å². The minimum Gasteiger partial charge on any atom is -0.378 e. The summed E-state index contributed by atoms with van der Waals surface area (Å²) in [7, 11) is 0. The molecule has 3 N–H and O–H groups in total. The lowest BCUT2D eigenvalue weighted by Crippen LogP contribution is -2.57. The van der Waals surface area contributed by atoms with Gasteiger partial charge in [0.1, 0.15) is 0 Å². The third-order valence-corrected chi connectivity index (χ3v) is 3.87. The maximum atomic E-state index is 5.95. The van der Waals surface area contributed by atoms with Crippen LogP contribution < -0.4 is 11.1 Å². The van der Waals surface area contributed by atoms with Crippen LogP contribution in [0.4, 0.5) is 0 Å². The van der Waals surface area contributed by atoms with Crippen LogP contribution in [0.25, 0.3) is 0 Å². The van der Waals surface area contributed by atoms with Crippen LogP contribution in [0.1, 0.15) is 33.6 Å². The van der Waals surface area contributed by atoms with Gasteiger partial charge in [-0.1, -0.05) is 13.8 Å². The maximum absolute atomic E-state index is 5.95. The molecule has 4 heteroatoms. The van der Waals surface area contributed by atoms with Gasteiger partial charge in [-0.15, -0.1) is 0 Å². The van der Waals surface area contributed by atoms with Gasteiger partial charge in [0.15, 0.2) is 0 Å². The fourth-order valence-electron chi connectivity index (χ4n) is 2.60. The van der Waals surface area contributed by atoms with Gasteiger partial charge in [-0.25, -0.2) is 0 Å². The molecule has 17 heavy (non-hydrogen) atoms. The molecule has 2 atom stereocenters. The molecular formula is C13H29N3O. The third-order valence-electron chi connectivity index (χ3n) is 3.87. The Morgan fingerprint density at radius 3 is 2.65 bits per heavy atom. The van der Waals surface area contributed by atoms with E-state index in [2.05, 4.69) is 31.0 Å². The number of hydrogen-bond acceptors (Lipinski definition) is 4. The predicted molar refractivity (Wildman–Crippen MR) is 72.2 cm³/mol. The van der Waals surface area contributed by atoms with Crippen molar-refractivity contribution in [2.75, 3.05) is 39.3 Å². The molecule has 0 bridgehead atoms. The van der Waals surface area contributed by atoms with Crippen molar-refractivity contribution in [1.82, 2.24) is 10.2 Å². The first kappa shape index (κ1) is 14.9. The predicted octanol–water partition coefficient (Wildman–Crippen LogP) is 0.814. The monoisotopic (exact) mass is 243 g/mol. The second kappa shape index (κ2) is 7.31. The lowest BCUT2D eigenvalue weighted by Gasteiger charge is -2.40.